The quantitative estimate of drug-likeness (QED) is 0.401. The van der Waals surface area contributed by atoms with Crippen LogP contribution in [0.25, 0.3) is 0 Å². The van der Waals surface area contributed by atoms with E-state index in [1.807, 2.05) is 52.0 Å². The number of carbonyl (C=O) groups is 2. The van der Waals surface area contributed by atoms with Gasteiger partial charge in [-0.1, -0.05) is 72.9 Å². The Bertz CT molecular complexity index is 885. The van der Waals surface area contributed by atoms with Crippen LogP contribution in [0.5, 0.6) is 0 Å². The summed E-state index contributed by atoms with van der Waals surface area (Å²) in [5.41, 5.74) is 2.97. The number of carbonyl (C=O) groups excluding carboxylic acids is 2. The van der Waals surface area contributed by atoms with E-state index in [0.29, 0.717) is 28.8 Å². The molecule has 1 N–H and O–H groups in total. The smallest absolute Gasteiger partial charge is 0.243 e. The van der Waals surface area contributed by atoms with E-state index < -0.39 is 6.04 Å². The summed E-state index contributed by atoms with van der Waals surface area (Å²) in [6.45, 7) is 8.35. The second kappa shape index (κ2) is 13.1. The fourth-order valence-corrected chi connectivity index (χ4v) is 4.89. The Morgan fingerprint density at radius 1 is 1.03 bits per heavy atom. The number of nitrogens with one attached hydrogen (secondary N) is 1. The molecule has 2 atom stereocenters. The fraction of sp³-hybridized carbons (Fsp3) is 0.440. The summed E-state index contributed by atoms with van der Waals surface area (Å²) < 4.78 is 0. The molecule has 2 aromatic carbocycles. The van der Waals surface area contributed by atoms with E-state index in [2.05, 4.69) is 5.32 Å². The lowest BCUT2D eigenvalue weighted by molar-refractivity contribution is -0.139. The van der Waals surface area contributed by atoms with Crippen molar-refractivity contribution < 1.29 is 9.59 Å². The van der Waals surface area contributed by atoms with E-state index in [0.717, 1.165) is 23.1 Å². The summed E-state index contributed by atoms with van der Waals surface area (Å²) >= 11 is 14.0. The molecule has 0 unspecified atom stereocenters. The van der Waals surface area contributed by atoms with Crippen molar-refractivity contribution in [2.45, 2.75) is 64.9 Å². The van der Waals surface area contributed by atoms with Gasteiger partial charge in [-0.3, -0.25) is 9.59 Å². The molecule has 32 heavy (non-hydrogen) atoms. The van der Waals surface area contributed by atoms with Crippen LogP contribution < -0.4 is 5.32 Å². The maximum Gasteiger partial charge on any atom is 0.243 e. The number of amides is 2. The molecule has 0 aliphatic carbocycles. The number of nitrogens with zero attached hydrogens (tertiary/aromatic N) is 1. The van der Waals surface area contributed by atoms with Crippen molar-refractivity contribution in [2.24, 2.45) is 0 Å². The Hall–Kier alpha value is -1.69. The van der Waals surface area contributed by atoms with Crippen molar-refractivity contribution in [3.63, 3.8) is 0 Å². The highest BCUT2D eigenvalue weighted by Gasteiger charge is 2.29. The molecule has 2 amide bonds. The highest BCUT2D eigenvalue weighted by molar-refractivity contribution is 7.99. The summed E-state index contributed by atoms with van der Waals surface area (Å²) in [4.78, 5) is 28.0. The van der Waals surface area contributed by atoms with Crippen molar-refractivity contribution in [2.75, 3.05) is 5.75 Å². The largest absolute Gasteiger partial charge is 0.352 e. The molecule has 0 bridgehead atoms. The van der Waals surface area contributed by atoms with Crippen LogP contribution in [0.1, 0.15) is 50.3 Å². The lowest BCUT2D eigenvalue weighted by Gasteiger charge is -2.31. The van der Waals surface area contributed by atoms with Gasteiger partial charge >= 0.3 is 0 Å². The second-order valence-electron chi connectivity index (χ2n) is 7.94. The number of aryl methyl sites for hydroxylation is 1. The van der Waals surface area contributed by atoms with Gasteiger partial charge in [0.2, 0.25) is 11.8 Å². The molecule has 7 heteroatoms. The van der Waals surface area contributed by atoms with E-state index in [4.69, 9.17) is 23.2 Å². The van der Waals surface area contributed by atoms with Gasteiger partial charge in [-0.25, -0.2) is 0 Å². The van der Waals surface area contributed by atoms with Gasteiger partial charge < -0.3 is 10.2 Å². The zero-order valence-electron chi connectivity index (χ0n) is 19.2. The Morgan fingerprint density at radius 2 is 1.66 bits per heavy atom. The molecule has 0 aliphatic rings. The van der Waals surface area contributed by atoms with Crippen LogP contribution in [0.3, 0.4) is 0 Å². The Balaban J connectivity index is 2.16. The van der Waals surface area contributed by atoms with Crippen molar-refractivity contribution in [1.29, 1.82) is 0 Å². The Kier molecular flexibility index (Phi) is 10.9. The molecule has 0 saturated carbocycles. The molecular weight excluding hydrogens is 463 g/mol. The highest BCUT2D eigenvalue weighted by atomic mass is 35.5. The highest BCUT2D eigenvalue weighted by Crippen LogP contribution is 2.28. The van der Waals surface area contributed by atoms with E-state index in [1.165, 1.54) is 11.8 Å². The maximum absolute atomic E-state index is 13.3. The SMILES string of the molecule is CC[C@@H](C)NC(=O)[C@H](CC)N(Cc1ccc(C)cc1)C(=O)CSCc1c(Cl)cccc1Cl. The third kappa shape index (κ3) is 7.72. The summed E-state index contributed by atoms with van der Waals surface area (Å²) in [7, 11) is 0. The summed E-state index contributed by atoms with van der Waals surface area (Å²) in [6.07, 6.45) is 1.38. The lowest BCUT2D eigenvalue weighted by atomic mass is 10.1. The first-order valence-corrected chi connectivity index (χ1v) is 12.8. The number of hydrogen-bond donors (Lipinski definition) is 1. The minimum absolute atomic E-state index is 0.0598. The molecule has 0 aromatic heterocycles. The molecular formula is C25H32Cl2N2O2S. The average Bonchev–Trinajstić information content (AvgIpc) is 2.76. The number of halogens is 2. The Morgan fingerprint density at radius 3 is 2.22 bits per heavy atom. The van der Waals surface area contributed by atoms with Crippen LogP contribution in [0.2, 0.25) is 10.0 Å². The van der Waals surface area contributed by atoms with E-state index in [1.54, 1.807) is 23.1 Å². The molecule has 0 fully saturated rings. The third-order valence-corrected chi connectivity index (χ3v) is 7.05. The first-order valence-electron chi connectivity index (χ1n) is 10.9. The van der Waals surface area contributed by atoms with Crippen LogP contribution in [-0.4, -0.2) is 34.6 Å². The van der Waals surface area contributed by atoms with Crippen LogP contribution in [0, 0.1) is 6.92 Å². The van der Waals surface area contributed by atoms with Crippen LogP contribution in [0.4, 0.5) is 0 Å². The zero-order chi connectivity index (χ0) is 23.7. The number of benzene rings is 2. The summed E-state index contributed by atoms with van der Waals surface area (Å²) in [6, 6.07) is 13.0. The fourth-order valence-electron chi connectivity index (χ4n) is 3.24. The molecule has 174 valence electrons. The van der Waals surface area contributed by atoms with Gasteiger partial charge in [0, 0.05) is 28.4 Å². The minimum atomic E-state index is -0.526. The summed E-state index contributed by atoms with van der Waals surface area (Å²) in [5.74, 6) is 0.574. The molecule has 0 spiro atoms. The predicted octanol–water partition coefficient (Wildman–Crippen LogP) is 6.26. The maximum atomic E-state index is 13.3. The standard InChI is InChI=1S/C25H32Cl2N2O2S/c1-5-18(4)28-25(31)23(6-2)29(14-19-12-10-17(3)11-13-19)24(30)16-32-15-20-21(26)8-7-9-22(20)27/h7-13,18,23H,5-6,14-16H2,1-4H3,(H,28,31)/t18-,23+/m1/s1. The number of thioether (sulfide) groups is 1. The van der Waals surface area contributed by atoms with E-state index >= 15 is 0 Å². The van der Waals surface area contributed by atoms with E-state index in [9.17, 15) is 9.59 Å². The van der Waals surface area contributed by atoms with Gasteiger partial charge in [0.05, 0.1) is 5.75 Å². The van der Waals surface area contributed by atoms with Crippen LogP contribution in [0.15, 0.2) is 42.5 Å². The summed E-state index contributed by atoms with van der Waals surface area (Å²) in [5, 5.41) is 4.22. The first kappa shape index (κ1) is 26.6. The van der Waals surface area contributed by atoms with Crippen molar-refractivity contribution >= 4 is 46.8 Å². The minimum Gasteiger partial charge on any atom is -0.352 e. The van der Waals surface area contributed by atoms with E-state index in [-0.39, 0.29) is 23.6 Å². The molecule has 0 radical (unpaired) electrons. The van der Waals surface area contributed by atoms with Crippen molar-refractivity contribution in [1.82, 2.24) is 10.2 Å². The van der Waals surface area contributed by atoms with Gasteiger partial charge in [-0.05, 0) is 49.9 Å². The van der Waals surface area contributed by atoms with Crippen molar-refractivity contribution in [3.8, 4) is 0 Å². The number of rotatable bonds is 11. The van der Waals surface area contributed by atoms with Gasteiger partial charge in [0.25, 0.3) is 0 Å². The van der Waals surface area contributed by atoms with Crippen LogP contribution in [-0.2, 0) is 21.9 Å². The zero-order valence-corrected chi connectivity index (χ0v) is 21.5. The first-order chi connectivity index (χ1) is 15.3. The molecule has 0 heterocycles. The third-order valence-electron chi connectivity index (χ3n) is 5.39. The molecule has 0 saturated heterocycles. The van der Waals surface area contributed by atoms with Gasteiger partial charge in [0.1, 0.15) is 6.04 Å². The molecule has 2 rings (SSSR count). The average molecular weight is 496 g/mol. The Labute approximate surface area is 206 Å². The van der Waals surface area contributed by atoms with Crippen molar-refractivity contribution in [3.05, 3.63) is 69.2 Å². The topological polar surface area (TPSA) is 49.4 Å². The predicted molar refractivity (Wildman–Crippen MR) is 136 cm³/mol. The molecule has 0 aliphatic heterocycles. The molecule has 2 aromatic rings. The normalized spacial score (nSPS) is 12.8. The van der Waals surface area contributed by atoms with Crippen LogP contribution >= 0.6 is 35.0 Å². The van der Waals surface area contributed by atoms with Gasteiger partial charge in [0.15, 0.2) is 0 Å². The van der Waals surface area contributed by atoms with Gasteiger partial charge in [-0.15, -0.1) is 11.8 Å². The van der Waals surface area contributed by atoms with Gasteiger partial charge in [-0.2, -0.15) is 0 Å². The number of hydrogen-bond acceptors (Lipinski definition) is 3. The molecule has 4 nitrogen and oxygen atoms in total. The lowest BCUT2D eigenvalue weighted by Crippen LogP contribution is -2.51. The monoisotopic (exact) mass is 494 g/mol. The second-order valence-corrected chi connectivity index (χ2v) is 9.74.